The van der Waals surface area contributed by atoms with Gasteiger partial charge in [-0.15, -0.1) is 10.2 Å². The molecule has 3 rings (SSSR count). The van der Waals surface area contributed by atoms with Crippen LogP contribution in [0.25, 0.3) is 11.5 Å². The second-order valence-corrected chi connectivity index (χ2v) is 7.06. The third-order valence-corrected chi connectivity index (χ3v) is 5.11. The lowest BCUT2D eigenvalue weighted by molar-refractivity contribution is -0.134. The topological polar surface area (TPSA) is 59.2 Å². The summed E-state index contributed by atoms with van der Waals surface area (Å²) in [6.07, 6.45) is 1.74. The summed E-state index contributed by atoms with van der Waals surface area (Å²) in [7, 11) is 0. The fraction of sp³-hybridized carbons (Fsp3) is 0.350. The number of aryl methyl sites for hydroxylation is 1. The highest BCUT2D eigenvalue weighted by atomic mass is 32.1. The standard InChI is InChI=1S/C20H23N3O2S/c1-3-15(2)23(13-16-7-5-4-6-8-16)19(24)10-9-18-21-22-20(25-18)17-11-12-26-14-17/h4-8,11-12,14-15H,3,9-10,13H2,1-2H3. The predicted molar refractivity (Wildman–Crippen MR) is 103 cm³/mol. The van der Waals surface area contributed by atoms with E-state index in [0.29, 0.717) is 31.2 Å². The van der Waals surface area contributed by atoms with Crippen LogP contribution < -0.4 is 0 Å². The molecule has 5 nitrogen and oxygen atoms in total. The molecule has 2 aromatic heterocycles. The van der Waals surface area contributed by atoms with Crippen LogP contribution in [-0.2, 0) is 17.8 Å². The average molecular weight is 369 g/mol. The molecule has 1 atom stereocenters. The molecule has 0 saturated carbocycles. The van der Waals surface area contributed by atoms with E-state index < -0.39 is 0 Å². The summed E-state index contributed by atoms with van der Waals surface area (Å²) in [5.41, 5.74) is 2.06. The van der Waals surface area contributed by atoms with E-state index >= 15 is 0 Å². The second-order valence-electron chi connectivity index (χ2n) is 6.28. The first-order valence-corrected chi connectivity index (χ1v) is 9.80. The Bertz CT molecular complexity index is 815. The summed E-state index contributed by atoms with van der Waals surface area (Å²) in [5, 5.41) is 12.1. The highest BCUT2D eigenvalue weighted by molar-refractivity contribution is 7.08. The molecule has 2 heterocycles. The summed E-state index contributed by atoms with van der Waals surface area (Å²) in [4.78, 5) is 14.7. The third kappa shape index (κ3) is 4.58. The molecule has 0 N–H and O–H groups in total. The van der Waals surface area contributed by atoms with Gasteiger partial charge < -0.3 is 9.32 Å². The zero-order valence-corrected chi connectivity index (χ0v) is 15.9. The van der Waals surface area contributed by atoms with E-state index in [0.717, 1.165) is 17.5 Å². The molecule has 0 aliphatic rings. The smallest absolute Gasteiger partial charge is 0.248 e. The molecule has 0 spiro atoms. The first kappa shape index (κ1) is 18.3. The number of aromatic nitrogens is 2. The van der Waals surface area contributed by atoms with Gasteiger partial charge in [0.05, 0.1) is 0 Å². The Morgan fingerprint density at radius 1 is 1.23 bits per heavy atom. The van der Waals surface area contributed by atoms with Crippen LogP contribution in [0.5, 0.6) is 0 Å². The van der Waals surface area contributed by atoms with Gasteiger partial charge in [-0.25, -0.2) is 0 Å². The largest absolute Gasteiger partial charge is 0.421 e. The average Bonchev–Trinajstić information content (AvgIpc) is 3.35. The van der Waals surface area contributed by atoms with Gasteiger partial charge >= 0.3 is 0 Å². The van der Waals surface area contributed by atoms with Crippen LogP contribution in [0.4, 0.5) is 0 Å². The molecule has 0 bridgehead atoms. The molecular weight excluding hydrogens is 346 g/mol. The fourth-order valence-electron chi connectivity index (χ4n) is 2.71. The van der Waals surface area contributed by atoms with Gasteiger partial charge in [0.15, 0.2) is 0 Å². The van der Waals surface area contributed by atoms with Gasteiger partial charge in [0.1, 0.15) is 0 Å². The lowest BCUT2D eigenvalue weighted by atomic mass is 10.1. The van der Waals surface area contributed by atoms with E-state index in [1.54, 1.807) is 11.3 Å². The molecule has 0 aliphatic heterocycles. The monoisotopic (exact) mass is 369 g/mol. The van der Waals surface area contributed by atoms with Gasteiger partial charge in [-0.05, 0) is 30.4 Å². The summed E-state index contributed by atoms with van der Waals surface area (Å²) in [6.45, 7) is 4.81. The Labute approximate surface area is 157 Å². The van der Waals surface area contributed by atoms with Crippen molar-refractivity contribution < 1.29 is 9.21 Å². The summed E-state index contributed by atoms with van der Waals surface area (Å²) < 4.78 is 5.68. The van der Waals surface area contributed by atoms with E-state index in [4.69, 9.17) is 4.42 Å². The summed E-state index contributed by atoms with van der Waals surface area (Å²) in [6, 6.07) is 12.2. The SMILES string of the molecule is CCC(C)N(Cc1ccccc1)C(=O)CCc1nnc(-c2ccsc2)o1. The van der Waals surface area contributed by atoms with Crippen molar-refractivity contribution in [2.45, 2.75) is 45.7 Å². The minimum absolute atomic E-state index is 0.110. The zero-order chi connectivity index (χ0) is 18.4. The summed E-state index contributed by atoms with van der Waals surface area (Å²) in [5.74, 6) is 1.12. The number of carbonyl (C=O) groups excluding carboxylic acids is 1. The molecule has 0 radical (unpaired) electrons. The minimum atomic E-state index is 0.110. The van der Waals surface area contributed by atoms with Crippen molar-refractivity contribution in [3.05, 3.63) is 58.6 Å². The number of carbonyl (C=O) groups is 1. The van der Waals surface area contributed by atoms with Crippen molar-refractivity contribution in [2.75, 3.05) is 0 Å². The highest BCUT2D eigenvalue weighted by Crippen LogP contribution is 2.21. The number of benzene rings is 1. The molecule has 6 heteroatoms. The molecule has 0 fully saturated rings. The van der Waals surface area contributed by atoms with E-state index in [9.17, 15) is 4.79 Å². The molecule has 0 saturated heterocycles. The van der Waals surface area contributed by atoms with Crippen molar-refractivity contribution in [3.63, 3.8) is 0 Å². The van der Waals surface area contributed by atoms with E-state index in [2.05, 4.69) is 24.0 Å². The Balaban J connectivity index is 1.62. The molecule has 1 aromatic carbocycles. The Morgan fingerprint density at radius 2 is 2.04 bits per heavy atom. The Kier molecular flexibility index (Phi) is 6.17. The van der Waals surface area contributed by atoms with Crippen LogP contribution in [-0.4, -0.2) is 27.0 Å². The van der Waals surface area contributed by atoms with Crippen molar-refractivity contribution in [2.24, 2.45) is 0 Å². The van der Waals surface area contributed by atoms with Crippen molar-refractivity contribution in [3.8, 4) is 11.5 Å². The van der Waals surface area contributed by atoms with E-state index in [-0.39, 0.29) is 11.9 Å². The lowest BCUT2D eigenvalue weighted by Gasteiger charge is -2.28. The van der Waals surface area contributed by atoms with Crippen LogP contribution in [0, 0.1) is 0 Å². The van der Waals surface area contributed by atoms with Gasteiger partial charge in [-0.2, -0.15) is 11.3 Å². The maximum absolute atomic E-state index is 12.8. The number of hydrogen-bond acceptors (Lipinski definition) is 5. The molecule has 26 heavy (non-hydrogen) atoms. The van der Waals surface area contributed by atoms with Gasteiger partial charge in [0.2, 0.25) is 17.7 Å². The molecule has 1 amide bonds. The molecule has 0 aliphatic carbocycles. The molecule has 3 aromatic rings. The predicted octanol–water partition coefficient (Wildman–Crippen LogP) is 4.56. The van der Waals surface area contributed by atoms with Gasteiger partial charge in [0.25, 0.3) is 0 Å². The number of amides is 1. The number of hydrogen-bond donors (Lipinski definition) is 0. The van der Waals surface area contributed by atoms with Crippen molar-refractivity contribution in [1.82, 2.24) is 15.1 Å². The molecule has 136 valence electrons. The fourth-order valence-corrected chi connectivity index (χ4v) is 3.33. The van der Waals surface area contributed by atoms with Crippen LogP contribution in [0.15, 0.2) is 51.6 Å². The number of nitrogens with zero attached hydrogens (tertiary/aromatic N) is 3. The van der Waals surface area contributed by atoms with E-state index in [1.165, 1.54) is 0 Å². The highest BCUT2D eigenvalue weighted by Gasteiger charge is 2.20. The van der Waals surface area contributed by atoms with Gasteiger partial charge in [-0.1, -0.05) is 37.3 Å². The molecular formula is C20H23N3O2S. The minimum Gasteiger partial charge on any atom is -0.421 e. The Morgan fingerprint density at radius 3 is 2.73 bits per heavy atom. The van der Waals surface area contributed by atoms with Crippen LogP contribution in [0.1, 0.15) is 38.1 Å². The Hall–Kier alpha value is -2.47. The van der Waals surface area contributed by atoms with Crippen LogP contribution in [0.3, 0.4) is 0 Å². The normalized spacial score (nSPS) is 12.1. The number of rotatable bonds is 8. The maximum atomic E-state index is 12.8. The lowest BCUT2D eigenvalue weighted by Crippen LogP contribution is -2.37. The zero-order valence-electron chi connectivity index (χ0n) is 15.1. The van der Waals surface area contributed by atoms with Crippen LogP contribution in [0.2, 0.25) is 0 Å². The number of thiophene rings is 1. The van der Waals surface area contributed by atoms with Gasteiger partial charge in [-0.3, -0.25) is 4.79 Å². The van der Waals surface area contributed by atoms with Crippen molar-refractivity contribution in [1.29, 1.82) is 0 Å². The van der Waals surface area contributed by atoms with Crippen LogP contribution >= 0.6 is 11.3 Å². The first-order chi connectivity index (χ1) is 12.7. The maximum Gasteiger partial charge on any atom is 0.248 e. The second kappa shape index (κ2) is 8.76. The van der Waals surface area contributed by atoms with E-state index in [1.807, 2.05) is 52.1 Å². The third-order valence-electron chi connectivity index (χ3n) is 4.43. The molecule has 1 unspecified atom stereocenters. The first-order valence-electron chi connectivity index (χ1n) is 8.85. The van der Waals surface area contributed by atoms with Gasteiger partial charge in [0, 0.05) is 36.4 Å². The quantitative estimate of drug-likeness (QED) is 0.584. The van der Waals surface area contributed by atoms with Crippen molar-refractivity contribution >= 4 is 17.2 Å². The summed E-state index contributed by atoms with van der Waals surface area (Å²) >= 11 is 1.58.